The molecule has 0 radical (unpaired) electrons. The van der Waals surface area contributed by atoms with Crippen LogP contribution in [0.15, 0.2) is 60.7 Å². The average molecular weight is 286 g/mol. The molecule has 3 rings (SSSR count). The Morgan fingerprint density at radius 1 is 0.818 bits per heavy atom. The van der Waals surface area contributed by atoms with Gasteiger partial charge in [0.1, 0.15) is 11.6 Å². The first-order valence-electron chi connectivity index (χ1n) is 6.94. The highest BCUT2D eigenvalue weighted by Crippen LogP contribution is 2.30. The zero-order chi connectivity index (χ0) is 15.4. The molecule has 0 spiro atoms. The fraction of sp³-hybridized carbons (Fsp3) is 0.0556. The molecule has 2 aromatic carbocycles. The van der Waals surface area contributed by atoms with E-state index in [0.29, 0.717) is 22.9 Å². The molecule has 0 fully saturated rings. The van der Waals surface area contributed by atoms with Crippen molar-refractivity contribution in [1.29, 1.82) is 5.26 Å². The van der Waals surface area contributed by atoms with Crippen LogP contribution in [0.25, 0.3) is 22.5 Å². The van der Waals surface area contributed by atoms with E-state index in [2.05, 4.69) is 21.4 Å². The number of benzene rings is 2. The van der Waals surface area contributed by atoms with Crippen LogP contribution in [0.5, 0.6) is 0 Å². The van der Waals surface area contributed by atoms with Gasteiger partial charge in [0.05, 0.1) is 11.4 Å². The first-order valence-corrected chi connectivity index (χ1v) is 6.94. The number of nitrogens with one attached hydrogen (secondary N) is 1. The third-order valence-electron chi connectivity index (χ3n) is 3.34. The van der Waals surface area contributed by atoms with Crippen molar-refractivity contribution in [1.82, 2.24) is 9.97 Å². The van der Waals surface area contributed by atoms with E-state index in [0.717, 1.165) is 11.1 Å². The molecule has 0 aliphatic carbocycles. The number of hydrogen-bond acceptors (Lipinski definition) is 4. The molecule has 0 amide bonds. The van der Waals surface area contributed by atoms with Crippen LogP contribution < -0.4 is 5.32 Å². The number of aromatic nitrogens is 2. The Hall–Kier alpha value is -3.19. The van der Waals surface area contributed by atoms with Crippen molar-refractivity contribution in [2.75, 3.05) is 12.4 Å². The number of hydrogen-bond donors (Lipinski definition) is 1. The van der Waals surface area contributed by atoms with Gasteiger partial charge < -0.3 is 5.32 Å². The summed E-state index contributed by atoms with van der Waals surface area (Å²) in [6, 6.07) is 21.6. The number of nitriles is 1. The van der Waals surface area contributed by atoms with Gasteiger partial charge in [-0.1, -0.05) is 60.7 Å². The molecule has 3 aromatic rings. The Kier molecular flexibility index (Phi) is 3.80. The van der Waals surface area contributed by atoms with Gasteiger partial charge in [-0.3, -0.25) is 0 Å². The van der Waals surface area contributed by atoms with E-state index in [1.165, 1.54) is 0 Å². The quantitative estimate of drug-likeness (QED) is 0.797. The van der Waals surface area contributed by atoms with Gasteiger partial charge in [-0.2, -0.15) is 5.26 Å². The smallest absolute Gasteiger partial charge is 0.223 e. The predicted octanol–water partition coefficient (Wildman–Crippen LogP) is 3.72. The minimum atomic E-state index is 0.483. The molecule has 1 aromatic heterocycles. The second kappa shape index (κ2) is 6.06. The van der Waals surface area contributed by atoms with Crippen molar-refractivity contribution < 1.29 is 0 Å². The number of rotatable bonds is 3. The molecule has 0 atom stereocenters. The first-order chi connectivity index (χ1) is 10.8. The Labute approximate surface area is 129 Å². The molecule has 4 nitrogen and oxygen atoms in total. The molecule has 0 unspecified atom stereocenters. The van der Waals surface area contributed by atoms with E-state index in [9.17, 15) is 5.26 Å². The third kappa shape index (κ3) is 2.52. The maximum Gasteiger partial charge on any atom is 0.223 e. The summed E-state index contributed by atoms with van der Waals surface area (Å²) in [5, 5.41) is 12.6. The van der Waals surface area contributed by atoms with Crippen LogP contribution >= 0.6 is 0 Å². The van der Waals surface area contributed by atoms with E-state index >= 15 is 0 Å². The Morgan fingerprint density at radius 2 is 1.27 bits per heavy atom. The monoisotopic (exact) mass is 286 g/mol. The highest BCUT2D eigenvalue weighted by Gasteiger charge is 2.16. The van der Waals surface area contributed by atoms with Gasteiger partial charge in [0.2, 0.25) is 5.95 Å². The van der Waals surface area contributed by atoms with Crippen molar-refractivity contribution in [2.24, 2.45) is 0 Å². The predicted molar refractivity (Wildman–Crippen MR) is 87.2 cm³/mol. The lowest BCUT2D eigenvalue weighted by molar-refractivity contribution is 1.15. The van der Waals surface area contributed by atoms with Gasteiger partial charge in [-0.25, -0.2) is 9.97 Å². The zero-order valence-corrected chi connectivity index (χ0v) is 12.1. The van der Waals surface area contributed by atoms with Gasteiger partial charge in [-0.05, 0) is 0 Å². The fourth-order valence-electron chi connectivity index (χ4n) is 2.29. The van der Waals surface area contributed by atoms with Crippen LogP contribution in [-0.4, -0.2) is 17.0 Å². The van der Waals surface area contributed by atoms with E-state index in [4.69, 9.17) is 0 Å². The molecule has 0 aliphatic heterocycles. The van der Waals surface area contributed by atoms with E-state index in [1.54, 1.807) is 7.05 Å². The summed E-state index contributed by atoms with van der Waals surface area (Å²) < 4.78 is 0. The SMILES string of the molecule is CNc1nc(-c2ccccc2)c(C#N)c(-c2ccccc2)n1. The van der Waals surface area contributed by atoms with Gasteiger partial charge in [0, 0.05) is 18.2 Å². The summed E-state index contributed by atoms with van der Waals surface area (Å²) in [6.07, 6.45) is 0. The van der Waals surface area contributed by atoms with Crippen LogP contribution in [0.3, 0.4) is 0 Å². The van der Waals surface area contributed by atoms with Crippen molar-refractivity contribution in [3.05, 3.63) is 66.2 Å². The lowest BCUT2D eigenvalue weighted by atomic mass is 10.0. The normalized spacial score (nSPS) is 10.0. The highest BCUT2D eigenvalue weighted by molar-refractivity contribution is 5.78. The Balaban J connectivity index is 2.30. The highest BCUT2D eigenvalue weighted by atomic mass is 15.1. The molecule has 1 heterocycles. The molecular formula is C18H14N4. The van der Waals surface area contributed by atoms with Crippen LogP contribution in [0, 0.1) is 11.3 Å². The van der Waals surface area contributed by atoms with Gasteiger partial charge in [-0.15, -0.1) is 0 Å². The maximum atomic E-state index is 9.64. The summed E-state index contributed by atoms with van der Waals surface area (Å²) in [7, 11) is 1.77. The van der Waals surface area contributed by atoms with E-state index < -0.39 is 0 Å². The van der Waals surface area contributed by atoms with Crippen molar-refractivity contribution >= 4 is 5.95 Å². The molecule has 4 heteroatoms. The standard InChI is InChI=1S/C18H14N4/c1-20-18-21-16(13-8-4-2-5-9-13)15(12-19)17(22-18)14-10-6-3-7-11-14/h2-11H,1H3,(H,20,21,22). The largest absolute Gasteiger partial charge is 0.357 e. The summed E-state index contributed by atoms with van der Waals surface area (Å²) in [5.74, 6) is 0.497. The second-order valence-corrected chi connectivity index (χ2v) is 4.71. The van der Waals surface area contributed by atoms with Crippen LogP contribution in [0.2, 0.25) is 0 Å². The number of nitrogens with zero attached hydrogens (tertiary/aromatic N) is 3. The van der Waals surface area contributed by atoms with Gasteiger partial charge in [0.25, 0.3) is 0 Å². The summed E-state index contributed by atoms with van der Waals surface area (Å²) >= 11 is 0. The minimum absolute atomic E-state index is 0.483. The Morgan fingerprint density at radius 3 is 1.64 bits per heavy atom. The summed E-state index contributed by atoms with van der Waals surface area (Å²) in [6.45, 7) is 0. The molecule has 0 aliphatic rings. The van der Waals surface area contributed by atoms with Crippen molar-refractivity contribution in [2.45, 2.75) is 0 Å². The molecule has 1 N–H and O–H groups in total. The zero-order valence-electron chi connectivity index (χ0n) is 12.1. The summed E-state index contributed by atoms with van der Waals surface area (Å²) in [4.78, 5) is 8.95. The minimum Gasteiger partial charge on any atom is -0.357 e. The third-order valence-corrected chi connectivity index (χ3v) is 3.34. The van der Waals surface area contributed by atoms with Crippen LogP contribution in [0.1, 0.15) is 5.56 Å². The molecule has 0 saturated heterocycles. The molecule has 106 valence electrons. The van der Waals surface area contributed by atoms with Gasteiger partial charge in [0.15, 0.2) is 0 Å². The second-order valence-electron chi connectivity index (χ2n) is 4.71. The average Bonchev–Trinajstić information content (AvgIpc) is 2.62. The Bertz CT molecular complexity index is 760. The molecular weight excluding hydrogens is 272 g/mol. The van der Waals surface area contributed by atoms with Crippen LogP contribution in [-0.2, 0) is 0 Å². The van der Waals surface area contributed by atoms with Gasteiger partial charge >= 0.3 is 0 Å². The van der Waals surface area contributed by atoms with Crippen molar-refractivity contribution in [3.63, 3.8) is 0 Å². The maximum absolute atomic E-state index is 9.64. The lowest BCUT2D eigenvalue weighted by Crippen LogP contribution is -2.03. The van der Waals surface area contributed by atoms with E-state index in [-0.39, 0.29) is 0 Å². The van der Waals surface area contributed by atoms with Crippen LogP contribution in [0.4, 0.5) is 5.95 Å². The molecule has 0 bridgehead atoms. The fourth-order valence-corrected chi connectivity index (χ4v) is 2.29. The topological polar surface area (TPSA) is 61.6 Å². The van der Waals surface area contributed by atoms with Crippen molar-refractivity contribution in [3.8, 4) is 28.6 Å². The molecule has 0 saturated carbocycles. The lowest BCUT2D eigenvalue weighted by Gasteiger charge is -2.11. The first kappa shape index (κ1) is 13.8. The summed E-state index contributed by atoms with van der Waals surface area (Å²) in [5.41, 5.74) is 3.56. The van der Waals surface area contributed by atoms with E-state index in [1.807, 2.05) is 60.7 Å². The number of anilines is 1. The molecule has 22 heavy (non-hydrogen) atoms.